The van der Waals surface area contributed by atoms with E-state index < -0.39 is 11.8 Å². The Morgan fingerprint density at radius 2 is 1.96 bits per heavy atom. The molecule has 0 spiro atoms. The Morgan fingerprint density at radius 1 is 1.22 bits per heavy atom. The number of hydrogen-bond acceptors (Lipinski definition) is 5. The summed E-state index contributed by atoms with van der Waals surface area (Å²) >= 11 is 0. The zero-order valence-electron chi connectivity index (χ0n) is 11.9. The standard InChI is InChI=1S/C15H12FN5O2/c16-11-7-5-10(6-8-11)15(17)19-23-14(22)9-21-13-4-2-1-3-12(13)18-20-21/h1-8H,9H2,(H2,17,19). The number of rotatable bonds is 4. The highest BCUT2D eigenvalue weighted by Gasteiger charge is 2.10. The Kier molecular flexibility index (Phi) is 3.96. The van der Waals surface area contributed by atoms with Gasteiger partial charge in [0.05, 0.1) is 5.52 Å². The van der Waals surface area contributed by atoms with E-state index in [1.165, 1.54) is 28.9 Å². The summed E-state index contributed by atoms with van der Waals surface area (Å²) < 4.78 is 14.2. The van der Waals surface area contributed by atoms with Crippen LogP contribution in [0.1, 0.15) is 5.56 Å². The number of nitrogens with zero attached hydrogens (tertiary/aromatic N) is 4. The Balaban J connectivity index is 1.67. The van der Waals surface area contributed by atoms with E-state index in [4.69, 9.17) is 10.6 Å². The molecular formula is C15H12FN5O2. The molecule has 0 fully saturated rings. The molecule has 23 heavy (non-hydrogen) atoms. The first-order valence-electron chi connectivity index (χ1n) is 6.71. The molecule has 0 bridgehead atoms. The van der Waals surface area contributed by atoms with Gasteiger partial charge in [0.2, 0.25) is 0 Å². The van der Waals surface area contributed by atoms with Gasteiger partial charge in [0, 0.05) is 5.56 Å². The SMILES string of the molecule is N/C(=N\OC(=O)Cn1nnc2ccccc21)c1ccc(F)cc1. The van der Waals surface area contributed by atoms with Crippen LogP contribution in [0.4, 0.5) is 4.39 Å². The van der Waals surface area contributed by atoms with Crippen LogP contribution in [0.5, 0.6) is 0 Å². The number of carbonyl (C=O) groups excluding carboxylic acids is 1. The molecule has 8 heteroatoms. The molecule has 2 N–H and O–H groups in total. The van der Waals surface area contributed by atoms with Crippen LogP contribution in [-0.2, 0) is 16.2 Å². The first kappa shape index (κ1) is 14.6. The third-order valence-electron chi connectivity index (χ3n) is 3.08. The molecule has 3 aromatic rings. The second-order valence-electron chi connectivity index (χ2n) is 4.68. The zero-order valence-corrected chi connectivity index (χ0v) is 11.9. The summed E-state index contributed by atoms with van der Waals surface area (Å²) in [6, 6.07) is 12.6. The predicted octanol–water partition coefficient (Wildman–Crippen LogP) is 1.43. The van der Waals surface area contributed by atoms with E-state index in [9.17, 15) is 9.18 Å². The van der Waals surface area contributed by atoms with Crippen molar-refractivity contribution >= 4 is 22.8 Å². The lowest BCUT2D eigenvalue weighted by molar-refractivity contribution is -0.144. The molecule has 0 aliphatic carbocycles. The van der Waals surface area contributed by atoms with Gasteiger partial charge in [0.25, 0.3) is 0 Å². The van der Waals surface area contributed by atoms with Gasteiger partial charge in [-0.05, 0) is 36.4 Å². The van der Waals surface area contributed by atoms with Crippen LogP contribution < -0.4 is 5.73 Å². The minimum Gasteiger partial charge on any atom is -0.380 e. The number of benzene rings is 2. The molecular weight excluding hydrogens is 301 g/mol. The van der Waals surface area contributed by atoms with E-state index in [0.717, 1.165) is 0 Å². The van der Waals surface area contributed by atoms with Crippen molar-refractivity contribution in [3.63, 3.8) is 0 Å². The fourth-order valence-corrected chi connectivity index (χ4v) is 1.96. The maximum absolute atomic E-state index is 12.8. The van der Waals surface area contributed by atoms with Crippen molar-refractivity contribution in [2.45, 2.75) is 6.54 Å². The Bertz CT molecular complexity index is 873. The number of oxime groups is 1. The normalized spacial score (nSPS) is 11.6. The average Bonchev–Trinajstić information content (AvgIpc) is 2.96. The largest absolute Gasteiger partial charge is 0.380 e. The summed E-state index contributed by atoms with van der Waals surface area (Å²) in [6.07, 6.45) is 0. The number of hydrogen-bond donors (Lipinski definition) is 1. The third kappa shape index (κ3) is 3.31. The topological polar surface area (TPSA) is 95.4 Å². The molecule has 116 valence electrons. The summed E-state index contributed by atoms with van der Waals surface area (Å²) in [6.45, 7) is -0.152. The van der Waals surface area contributed by atoms with Crippen LogP contribution in [0, 0.1) is 5.82 Å². The number of carbonyl (C=O) groups is 1. The lowest BCUT2D eigenvalue weighted by Gasteiger charge is -2.02. The molecule has 0 saturated heterocycles. The molecule has 0 amide bonds. The smallest absolute Gasteiger partial charge is 0.356 e. The fraction of sp³-hybridized carbons (Fsp3) is 0.0667. The Hall–Kier alpha value is -3.29. The minimum atomic E-state index is -0.647. The van der Waals surface area contributed by atoms with E-state index in [1.807, 2.05) is 12.1 Å². The van der Waals surface area contributed by atoms with Crippen molar-refractivity contribution in [1.82, 2.24) is 15.0 Å². The Morgan fingerprint density at radius 3 is 2.74 bits per heavy atom. The molecule has 2 aromatic carbocycles. The quantitative estimate of drug-likeness (QED) is 0.340. The van der Waals surface area contributed by atoms with Gasteiger partial charge >= 0.3 is 5.97 Å². The number of halogens is 1. The molecule has 7 nitrogen and oxygen atoms in total. The number of fused-ring (bicyclic) bond motifs is 1. The van der Waals surface area contributed by atoms with Crippen LogP contribution in [0.3, 0.4) is 0 Å². The molecule has 0 radical (unpaired) electrons. The van der Waals surface area contributed by atoms with Crippen molar-refractivity contribution in [1.29, 1.82) is 0 Å². The highest BCUT2D eigenvalue weighted by atomic mass is 19.1. The second-order valence-corrected chi connectivity index (χ2v) is 4.68. The summed E-state index contributed by atoms with van der Waals surface area (Å²) in [4.78, 5) is 16.6. The van der Waals surface area contributed by atoms with E-state index in [1.54, 1.807) is 12.1 Å². The second kappa shape index (κ2) is 6.22. The van der Waals surface area contributed by atoms with Crippen LogP contribution >= 0.6 is 0 Å². The van der Waals surface area contributed by atoms with Gasteiger partial charge in [-0.1, -0.05) is 22.5 Å². The molecule has 3 rings (SSSR count). The number of amidine groups is 1. The number of para-hydroxylation sites is 1. The van der Waals surface area contributed by atoms with E-state index in [2.05, 4.69) is 15.5 Å². The highest BCUT2D eigenvalue weighted by molar-refractivity contribution is 5.97. The maximum Gasteiger partial charge on any atom is 0.356 e. The average molecular weight is 313 g/mol. The lowest BCUT2D eigenvalue weighted by atomic mass is 10.2. The van der Waals surface area contributed by atoms with Gasteiger partial charge in [0.1, 0.15) is 17.9 Å². The zero-order chi connectivity index (χ0) is 16.2. The van der Waals surface area contributed by atoms with Crippen LogP contribution in [0.15, 0.2) is 53.7 Å². The lowest BCUT2D eigenvalue weighted by Crippen LogP contribution is -2.17. The van der Waals surface area contributed by atoms with Crippen molar-refractivity contribution in [2.24, 2.45) is 10.9 Å². The number of aromatic nitrogens is 3. The molecule has 0 unspecified atom stereocenters. The van der Waals surface area contributed by atoms with Gasteiger partial charge in [0.15, 0.2) is 5.84 Å². The van der Waals surface area contributed by atoms with Crippen LogP contribution in [0.2, 0.25) is 0 Å². The molecule has 0 saturated carbocycles. The molecule has 1 aromatic heterocycles. The van der Waals surface area contributed by atoms with Crippen molar-refractivity contribution in [3.05, 3.63) is 59.9 Å². The van der Waals surface area contributed by atoms with Gasteiger partial charge in [-0.2, -0.15) is 0 Å². The predicted molar refractivity (Wildman–Crippen MR) is 80.7 cm³/mol. The van der Waals surface area contributed by atoms with E-state index in [0.29, 0.717) is 16.6 Å². The van der Waals surface area contributed by atoms with Gasteiger partial charge < -0.3 is 10.6 Å². The highest BCUT2D eigenvalue weighted by Crippen LogP contribution is 2.09. The van der Waals surface area contributed by atoms with Crippen molar-refractivity contribution < 1.29 is 14.0 Å². The summed E-state index contributed by atoms with van der Waals surface area (Å²) in [5, 5.41) is 11.4. The van der Waals surface area contributed by atoms with E-state index in [-0.39, 0.29) is 12.4 Å². The van der Waals surface area contributed by atoms with Crippen LogP contribution in [0.25, 0.3) is 11.0 Å². The van der Waals surface area contributed by atoms with Gasteiger partial charge in [-0.15, -0.1) is 5.10 Å². The van der Waals surface area contributed by atoms with Crippen LogP contribution in [-0.4, -0.2) is 26.8 Å². The fourth-order valence-electron chi connectivity index (χ4n) is 1.96. The van der Waals surface area contributed by atoms with E-state index >= 15 is 0 Å². The summed E-state index contributed by atoms with van der Waals surface area (Å²) in [7, 11) is 0. The first-order valence-corrected chi connectivity index (χ1v) is 6.71. The van der Waals surface area contributed by atoms with Crippen molar-refractivity contribution in [3.8, 4) is 0 Å². The third-order valence-corrected chi connectivity index (χ3v) is 3.08. The van der Waals surface area contributed by atoms with Gasteiger partial charge in [-0.3, -0.25) is 0 Å². The monoisotopic (exact) mass is 313 g/mol. The maximum atomic E-state index is 12.8. The molecule has 0 atom stereocenters. The molecule has 0 aliphatic heterocycles. The summed E-state index contributed by atoms with van der Waals surface area (Å²) in [5.41, 5.74) is 7.51. The van der Waals surface area contributed by atoms with Gasteiger partial charge in [-0.25, -0.2) is 13.9 Å². The minimum absolute atomic E-state index is 0.0261. The van der Waals surface area contributed by atoms with Crippen molar-refractivity contribution in [2.75, 3.05) is 0 Å². The number of nitrogens with two attached hydrogens (primary N) is 1. The Labute approximate surface area is 130 Å². The molecule has 1 heterocycles. The first-order chi connectivity index (χ1) is 11.1. The summed E-state index contributed by atoms with van der Waals surface area (Å²) in [5.74, 6) is -1.07. The molecule has 0 aliphatic rings.